The summed E-state index contributed by atoms with van der Waals surface area (Å²) in [6.45, 7) is 3.90. The summed E-state index contributed by atoms with van der Waals surface area (Å²) >= 11 is 0. The van der Waals surface area contributed by atoms with Crippen molar-refractivity contribution in [2.45, 2.75) is 26.4 Å². The fourth-order valence-electron chi connectivity index (χ4n) is 2.75. The lowest BCUT2D eigenvalue weighted by Gasteiger charge is -2.13. The average Bonchev–Trinajstić information content (AvgIpc) is 2.64. The third-order valence-corrected chi connectivity index (χ3v) is 4.06. The van der Waals surface area contributed by atoms with Crippen LogP contribution in [0.25, 0.3) is 0 Å². The van der Waals surface area contributed by atoms with Gasteiger partial charge in [0.15, 0.2) is 5.96 Å². The first-order valence-corrected chi connectivity index (χ1v) is 9.27. The Kier molecular flexibility index (Phi) is 8.32. The van der Waals surface area contributed by atoms with E-state index < -0.39 is 11.6 Å². The number of rotatable bonds is 8. The predicted molar refractivity (Wildman–Crippen MR) is 107 cm³/mol. The predicted octanol–water partition coefficient (Wildman–Crippen LogP) is 3.46. The molecular formula is C21H27F3N4. The number of nitrogens with one attached hydrogen (secondary N) is 2. The Labute approximate surface area is 164 Å². The van der Waals surface area contributed by atoms with E-state index in [1.54, 1.807) is 6.07 Å². The maximum absolute atomic E-state index is 13.9. The SMILES string of the molecule is CCNC(=NCc1ccc(F)c(CN(C)C)c1)NCCc1cc(F)ccc1F. The van der Waals surface area contributed by atoms with Crippen LogP contribution in [0.2, 0.25) is 0 Å². The Morgan fingerprint density at radius 3 is 2.39 bits per heavy atom. The molecule has 0 spiro atoms. The molecule has 0 bridgehead atoms. The van der Waals surface area contributed by atoms with E-state index in [2.05, 4.69) is 15.6 Å². The van der Waals surface area contributed by atoms with Crippen LogP contribution < -0.4 is 10.6 Å². The summed E-state index contributed by atoms with van der Waals surface area (Å²) in [7, 11) is 3.78. The van der Waals surface area contributed by atoms with Gasteiger partial charge in [-0.05, 0) is 68.9 Å². The van der Waals surface area contributed by atoms with Gasteiger partial charge in [-0.2, -0.15) is 0 Å². The molecule has 0 saturated heterocycles. The lowest BCUT2D eigenvalue weighted by atomic mass is 10.1. The van der Waals surface area contributed by atoms with Crippen molar-refractivity contribution >= 4 is 5.96 Å². The van der Waals surface area contributed by atoms with Gasteiger partial charge in [0.05, 0.1) is 6.54 Å². The summed E-state index contributed by atoms with van der Waals surface area (Å²) in [6.07, 6.45) is 0.331. The Balaban J connectivity index is 1.99. The van der Waals surface area contributed by atoms with E-state index in [4.69, 9.17) is 0 Å². The molecule has 0 aliphatic carbocycles. The monoisotopic (exact) mass is 392 g/mol. The zero-order valence-corrected chi connectivity index (χ0v) is 16.5. The van der Waals surface area contributed by atoms with Gasteiger partial charge >= 0.3 is 0 Å². The standard InChI is InChI=1S/C21H27F3N4/c1-4-25-21(26-10-9-16-12-18(22)6-8-19(16)23)27-13-15-5-7-20(24)17(11-15)14-28(2)3/h5-8,11-12H,4,9-10,13-14H2,1-3H3,(H2,25,26,27). The molecule has 2 aromatic rings. The highest BCUT2D eigenvalue weighted by molar-refractivity contribution is 5.79. The van der Waals surface area contributed by atoms with Gasteiger partial charge in [-0.15, -0.1) is 0 Å². The van der Waals surface area contributed by atoms with E-state index in [9.17, 15) is 13.2 Å². The maximum Gasteiger partial charge on any atom is 0.191 e. The molecule has 2 rings (SSSR count). The number of hydrogen-bond acceptors (Lipinski definition) is 2. The third kappa shape index (κ3) is 6.88. The lowest BCUT2D eigenvalue weighted by Crippen LogP contribution is -2.38. The number of halogens is 3. The molecule has 0 saturated carbocycles. The van der Waals surface area contributed by atoms with Gasteiger partial charge in [0.25, 0.3) is 0 Å². The van der Waals surface area contributed by atoms with E-state index in [1.807, 2.05) is 32.0 Å². The van der Waals surface area contributed by atoms with Crippen LogP contribution >= 0.6 is 0 Å². The van der Waals surface area contributed by atoms with Gasteiger partial charge in [0.2, 0.25) is 0 Å². The van der Waals surface area contributed by atoms with E-state index >= 15 is 0 Å². The third-order valence-electron chi connectivity index (χ3n) is 4.06. The van der Waals surface area contributed by atoms with Crippen LogP contribution in [0.4, 0.5) is 13.2 Å². The van der Waals surface area contributed by atoms with E-state index in [-0.39, 0.29) is 5.82 Å². The number of benzene rings is 2. The highest BCUT2D eigenvalue weighted by Crippen LogP contribution is 2.13. The number of hydrogen-bond donors (Lipinski definition) is 2. The maximum atomic E-state index is 13.9. The van der Waals surface area contributed by atoms with Crippen molar-refractivity contribution in [2.75, 3.05) is 27.2 Å². The van der Waals surface area contributed by atoms with Gasteiger partial charge in [-0.25, -0.2) is 18.2 Å². The largest absolute Gasteiger partial charge is 0.357 e. The zero-order valence-electron chi connectivity index (χ0n) is 16.5. The van der Waals surface area contributed by atoms with Crippen molar-refractivity contribution < 1.29 is 13.2 Å². The number of guanidine groups is 1. The number of aliphatic imine (C=N–C) groups is 1. The van der Waals surface area contributed by atoms with Crippen molar-refractivity contribution in [1.82, 2.24) is 15.5 Å². The van der Waals surface area contributed by atoms with Crippen molar-refractivity contribution in [2.24, 2.45) is 4.99 Å². The highest BCUT2D eigenvalue weighted by Gasteiger charge is 2.07. The van der Waals surface area contributed by atoms with Gasteiger partial charge in [-0.1, -0.05) is 6.07 Å². The second kappa shape index (κ2) is 10.7. The quantitative estimate of drug-likeness (QED) is 0.534. The molecule has 28 heavy (non-hydrogen) atoms. The van der Waals surface area contributed by atoms with Crippen LogP contribution in [-0.4, -0.2) is 38.0 Å². The van der Waals surface area contributed by atoms with Crippen LogP contribution in [0, 0.1) is 17.5 Å². The summed E-state index contributed by atoms with van der Waals surface area (Å²) in [5.41, 5.74) is 1.83. The van der Waals surface area contributed by atoms with Gasteiger partial charge in [0.1, 0.15) is 17.5 Å². The van der Waals surface area contributed by atoms with Crippen LogP contribution in [0.5, 0.6) is 0 Å². The molecular weight excluding hydrogens is 365 g/mol. The molecule has 0 radical (unpaired) electrons. The van der Waals surface area contributed by atoms with Gasteiger partial charge in [-0.3, -0.25) is 0 Å². The molecule has 0 amide bonds. The second-order valence-corrected chi connectivity index (χ2v) is 6.77. The van der Waals surface area contributed by atoms with Gasteiger partial charge in [0, 0.05) is 25.2 Å². The van der Waals surface area contributed by atoms with Crippen molar-refractivity contribution in [3.8, 4) is 0 Å². The van der Waals surface area contributed by atoms with Crippen LogP contribution in [-0.2, 0) is 19.5 Å². The molecule has 0 unspecified atom stereocenters. The first-order valence-electron chi connectivity index (χ1n) is 9.27. The average molecular weight is 392 g/mol. The van der Waals surface area contributed by atoms with E-state index in [0.717, 1.165) is 17.7 Å². The Morgan fingerprint density at radius 1 is 0.964 bits per heavy atom. The van der Waals surface area contributed by atoms with Crippen molar-refractivity contribution in [1.29, 1.82) is 0 Å². The molecule has 7 heteroatoms. The summed E-state index contributed by atoms with van der Waals surface area (Å²) in [6, 6.07) is 8.41. The molecule has 0 aromatic heterocycles. The topological polar surface area (TPSA) is 39.7 Å². The number of nitrogens with zero attached hydrogens (tertiary/aromatic N) is 2. The molecule has 0 aliphatic heterocycles. The normalized spacial score (nSPS) is 11.8. The molecule has 0 fully saturated rings. The molecule has 2 N–H and O–H groups in total. The second-order valence-electron chi connectivity index (χ2n) is 6.77. The zero-order chi connectivity index (χ0) is 20.5. The van der Waals surface area contributed by atoms with Crippen LogP contribution in [0.15, 0.2) is 41.4 Å². The first-order chi connectivity index (χ1) is 13.4. The first kappa shape index (κ1) is 21.8. The summed E-state index contributed by atoms with van der Waals surface area (Å²) in [4.78, 5) is 6.40. The summed E-state index contributed by atoms with van der Waals surface area (Å²) in [5.74, 6) is -0.548. The fourth-order valence-corrected chi connectivity index (χ4v) is 2.75. The molecule has 0 heterocycles. The Bertz CT molecular complexity index is 806. The van der Waals surface area contributed by atoms with Crippen molar-refractivity contribution in [3.63, 3.8) is 0 Å². The molecule has 4 nitrogen and oxygen atoms in total. The summed E-state index contributed by atoms with van der Waals surface area (Å²) in [5, 5.41) is 6.22. The minimum Gasteiger partial charge on any atom is -0.357 e. The van der Waals surface area contributed by atoms with E-state index in [0.29, 0.717) is 49.7 Å². The molecule has 152 valence electrons. The highest BCUT2D eigenvalue weighted by atomic mass is 19.1. The van der Waals surface area contributed by atoms with Gasteiger partial charge < -0.3 is 15.5 Å². The Hall–Kier alpha value is -2.54. The smallest absolute Gasteiger partial charge is 0.191 e. The molecule has 0 aliphatic rings. The summed E-state index contributed by atoms with van der Waals surface area (Å²) < 4.78 is 40.8. The van der Waals surface area contributed by atoms with E-state index in [1.165, 1.54) is 12.1 Å². The minimum absolute atomic E-state index is 0.233. The molecule has 2 aromatic carbocycles. The van der Waals surface area contributed by atoms with Crippen LogP contribution in [0.3, 0.4) is 0 Å². The van der Waals surface area contributed by atoms with Crippen LogP contribution in [0.1, 0.15) is 23.6 Å². The lowest BCUT2D eigenvalue weighted by molar-refractivity contribution is 0.392. The fraction of sp³-hybridized carbons (Fsp3) is 0.381. The van der Waals surface area contributed by atoms with Crippen molar-refractivity contribution in [3.05, 3.63) is 70.5 Å². The Morgan fingerprint density at radius 2 is 1.68 bits per heavy atom. The minimum atomic E-state index is -0.457. The molecule has 0 atom stereocenters.